The molecule has 2 atom stereocenters. The van der Waals surface area contributed by atoms with Crippen molar-refractivity contribution in [2.24, 2.45) is 9.98 Å². The van der Waals surface area contributed by atoms with Crippen LogP contribution in [0.5, 0.6) is 0 Å². The normalized spacial score (nSPS) is 18.9. The Hall–Kier alpha value is -5.89. The van der Waals surface area contributed by atoms with Crippen LogP contribution in [0, 0.1) is 0 Å². The summed E-state index contributed by atoms with van der Waals surface area (Å²) >= 11 is 12.2. The summed E-state index contributed by atoms with van der Waals surface area (Å²) in [5.74, 6) is 0.957. The molecule has 240 valence electrons. The van der Waals surface area contributed by atoms with E-state index in [0.717, 1.165) is 33.6 Å². The monoisotopic (exact) mass is 688 g/mol. The summed E-state index contributed by atoms with van der Waals surface area (Å²) < 4.78 is 0. The first kappa shape index (κ1) is 31.4. The first-order valence-electron chi connectivity index (χ1n) is 15.8. The number of aliphatic imine (C=N–C) groups is 2. The average Bonchev–Trinajstić information content (AvgIpc) is 3.88. The molecule has 0 bridgehead atoms. The molecule has 6 aromatic rings. The van der Waals surface area contributed by atoms with E-state index in [2.05, 4.69) is 9.97 Å². The van der Waals surface area contributed by atoms with Crippen molar-refractivity contribution in [3.05, 3.63) is 190 Å². The lowest BCUT2D eigenvalue weighted by molar-refractivity contribution is 0.103. The zero-order valence-corrected chi connectivity index (χ0v) is 27.9. The van der Waals surface area contributed by atoms with Gasteiger partial charge in [-0.3, -0.25) is 14.8 Å². The highest BCUT2D eigenvalue weighted by molar-refractivity contribution is 6.30. The molecule has 0 aliphatic carbocycles. The largest absolute Gasteiger partial charge is 0.289 e. The molecule has 0 radical (unpaired) electrons. The van der Waals surface area contributed by atoms with Crippen molar-refractivity contribution in [2.75, 3.05) is 0 Å². The predicted octanol–water partition coefficient (Wildman–Crippen LogP) is 8.91. The zero-order chi connectivity index (χ0) is 34.1. The molecule has 50 heavy (non-hydrogen) atoms. The summed E-state index contributed by atoms with van der Waals surface area (Å²) in [5, 5.41) is 1.31. The Morgan fingerprint density at radius 1 is 0.500 bits per heavy atom. The molecule has 2 unspecified atom stereocenters. The van der Waals surface area contributed by atoms with Crippen LogP contribution in [0.1, 0.15) is 38.7 Å². The number of carbonyl (C=O) groups excluding carboxylic acids is 1. The Morgan fingerprint density at radius 3 is 1.26 bits per heavy atom. The third kappa shape index (κ3) is 5.66. The van der Waals surface area contributed by atoms with Crippen LogP contribution in [0.4, 0.5) is 0 Å². The number of rotatable bonds is 8. The fourth-order valence-electron chi connectivity index (χ4n) is 6.20. The van der Waals surface area contributed by atoms with Crippen molar-refractivity contribution in [1.29, 1.82) is 0 Å². The smallest absolute Gasteiger partial charge is 0.193 e. The maximum absolute atomic E-state index is 13.7. The molecular formula is C41H26Cl2N6O. The molecule has 0 fully saturated rings. The van der Waals surface area contributed by atoms with Gasteiger partial charge in [0.1, 0.15) is 0 Å². The van der Waals surface area contributed by atoms with E-state index in [9.17, 15) is 4.79 Å². The standard InChI is InChI=1S/C41H26Cl2N6O/c42-33-15-7-27(8-16-33)35-19-25-44-38(48-35)40(21-1-23-46-40)31-11-3-29(4-12-31)37(50)30-5-13-32(14-6-30)41(22-2-24-47-41)39-45-26-20-36(49-39)28-9-17-34(43)18-10-28/h1-26H. The number of benzene rings is 4. The van der Waals surface area contributed by atoms with Crippen LogP contribution in [0.3, 0.4) is 0 Å². The number of ketones is 1. The summed E-state index contributed by atoms with van der Waals surface area (Å²) in [4.78, 5) is 42.3. The van der Waals surface area contributed by atoms with Gasteiger partial charge < -0.3 is 0 Å². The Balaban J connectivity index is 1.06. The molecule has 2 aliphatic heterocycles. The topological polar surface area (TPSA) is 93.3 Å². The second-order valence-corrected chi connectivity index (χ2v) is 12.7. The van der Waals surface area contributed by atoms with Gasteiger partial charge in [-0.25, -0.2) is 19.9 Å². The lowest BCUT2D eigenvalue weighted by Crippen LogP contribution is -2.24. The molecule has 8 rings (SSSR count). The fraction of sp³-hybridized carbons (Fsp3) is 0.0488. The second kappa shape index (κ2) is 12.9. The number of halogens is 2. The summed E-state index contributed by atoms with van der Waals surface area (Å²) in [5.41, 5.74) is 4.32. The lowest BCUT2D eigenvalue weighted by Gasteiger charge is -2.24. The Morgan fingerprint density at radius 2 is 0.900 bits per heavy atom. The maximum Gasteiger partial charge on any atom is 0.193 e. The van der Waals surface area contributed by atoms with Crippen LogP contribution >= 0.6 is 23.2 Å². The van der Waals surface area contributed by atoms with Crippen LogP contribution < -0.4 is 0 Å². The molecule has 0 amide bonds. The van der Waals surface area contributed by atoms with Gasteiger partial charge in [-0.2, -0.15) is 0 Å². The molecule has 0 spiro atoms. The van der Waals surface area contributed by atoms with E-state index in [-0.39, 0.29) is 5.78 Å². The van der Waals surface area contributed by atoms with Crippen molar-refractivity contribution in [1.82, 2.24) is 19.9 Å². The van der Waals surface area contributed by atoms with Crippen LogP contribution in [-0.4, -0.2) is 38.1 Å². The van der Waals surface area contributed by atoms with E-state index < -0.39 is 11.1 Å². The van der Waals surface area contributed by atoms with E-state index in [0.29, 0.717) is 32.8 Å². The predicted molar refractivity (Wildman–Crippen MR) is 198 cm³/mol. The number of carbonyl (C=O) groups is 1. The van der Waals surface area contributed by atoms with Crippen molar-refractivity contribution >= 4 is 41.4 Å². The van der Waals surface area contributed by atoms with Crippen LogP contribution in [-0.2, 0) is 11.1 Å². The third-order valence-electron chi connectivity index (χ3n) is 8.85. The Bertz CT molecular complexity index is 2160. The minimum Gasteiger partial charge on any atom is -0.289 e. The zero-order valence-electron chi connectivity index (χ0n) is 26.4. The summed E-state index contributed by atoms with van der Waals surface area (Å²) in [6.07, 6.45) is 14.7. The van der Waals surface area contributed by atoms with Gasteiger partial charge in [0, 0.05) is 57.1 Å². The molecule has 4 heterocycles. The first-order chi connectivity index (χ1) is 24.4. The van der Waals surface area contributed by atoms with Crippen molar-refractivity contribution in [3.8, 4) is 22.5 Å². The van der Waals surface area contributed by atoms with E-state index in [4.69, 9.17) is 43.2 Å². The van der Waals surface area contributed by atoms with E-state index in [1.807, 2.05) is 133 Å². The number of allylic oxidation sites excluding steroid dienone is 2. The van der Waals surface area contributed by atoms with Crippen LogP contribution in [0.15, 0.2) is 156 Å². The quantitative estimate of drug-likeness (QED) is 0.149. The van der Waals surface area contributed by atoms with Gasteiger partial charge in [-0.1, -0.05) is 96.0 Å². The second-order valence-electron chi connectivity index (χ2n) is 11.8. The minimum atomic E-state index is -0.914. The average molecular weight is 690 g/mol. The maximum atomic E-state index is 13.7. The summed E-state index contributed by atoms with van der Waals surface area (Å²) in [6, 6.07) is 33.7. The molecule has 0 saturated heterocycles. The molecular weight excluding hydrogens is 663 g/mol. The van der Waals surface area contributed by atoms with Gasteiger partial charge in [0.25, 0.3) is 0 Å². The molecule has 2 aliphatic rings. The van der Waals surface area contributed by atoms with Gasteiger partial charge in [-0.05, 0) is 71.8 Å². The fourth-order valence-corrected chi connectivity index (χ4v) is 6.45. The minimum absolute atomic E-state index is 0.107. The number of nitrogens with zero attached hydrogens (tertiary/aromatic N) is 6. The highest BCUT2D eigenvalue weighted by atomic mass is 35.5. The Labute approximate surface area is 298 Å². The molecule has 7 nitrogen and oxygen atoms in total. The molecule has 4 aromatic carbocycles. The van der Waals surface area contributed by atoms with Gasteiger partial charge in [0.2, 0.25) is 0 Å². The molecule has 0 N–H and O–H groups in total. The highest BCUT2D eigenvalue weighted by Crippen LogP contribution is 2.38. The first-order valence-corrected chi connectivity index (χ1v) is 16.6. The van der Waals surface area contributed by atoms with Crippen molar-refractivity contribution in [2.45, 2.75) is 11.1 Å². The van der Waals surface area contributed by atoms with Crippen LogP contribution in [0.25, 0.3) is 22.5 Å². The summed E-state index contributed by atoms with van der Waals surface area (Å²) in [6.45, 7) is 0. The number of aromatic nitrogens is 4. The number of hydrogen-bond acceptors (Lipinski definition) is 7. The molecule has 0 saturated carbocycles. The van der Waals surface area contributed by atoms with Crippen molar-refractivity contribution < 1.29 is 4.79 Å². The summed E-state index contributed by atoms with van der Waals surface area (Å²) in [7, 11) is 0. The number of hydrogen-bond donors (Lipinski definition) is 0. The van der Waals surface area contributed by atoms with E-state index >= 15 is 0 Å². The highest BCUT2D eigenvalue weighted by Gasteiger charge is 2.37. The molecule has 9 heteroatoms. The van der Waals surface area contributed by atoms with E-state index in [1.165, 1.54) is 0 Å². The van der Waals surface area contributed by atoms with Gasteiger partial charge in [0.05, 0.1) is 11.4 Å². The van der Waals surface area contributed by atoms with Gasteiger partial charge in [0.15, 0.2) is 28.5 Å². The van der Waals surface area contributed by atoms with Crippen molar-refractivity contribution in [3.63, 3.8) is 0 Å². The third-order valence-corrected chi connectivity index (χ3v) is 9.35. The van der Waals surface area contributed by atoms with E-state index in [1.54, 1.807) is 24.8 Å². The lowest BCUT2D eigenvalue weighted by atomic mass is 9.87. The SMILES string of the molecule is O=C(c1ccc(C2(c3nccc(-c4ccc(Cl)cc4)n3)C=CC=N2)cc1)c1ccc(C2(c3nccc(-c4ccc(Cl)cc4)n3)C=CC=N2)cc1. The molecule has 2 aromatic heterocycles. The van der Waals surface area contributed by atoms with Gasteiger partial charge >= 0.3 is 0 Å². The van der Waals surface area contributed by atoms with Gasteiger partial charge in [-0.15, -0.1) is 0 Å². The van der Waals surface area contributed by atoms with Crippen LogP contribution in [0.2, 0.25) is 10.0 Å². The Kier molecular flexibility index (Phi) is 8.07.